The van der Waals surface area contributed by atoms with Gasteiger partial charge in [0.15, 0.2) is 10.1 Å². The summed E-state index contributed by atoms with van der Waals surface area (Å²) in [4.78, 5) is 11.1. The van der Waals surface area contributed by atoms with Crippen LogP contribution in [0.25, 0.3) is 0 Å². The van der Waals surface area contributed by atoms with Crippen LogP contribution in [0.5, 0.6) is 5.75 Å². The third-order valence-corrected chi connectivity index (χ3v) is 4.45. The molecule has 0 aliphatic carbocycles. The zero-order valence-electron chi connectivity index (χ0n) is 10.9. The van der Waals surface area contributed by atoms with Crippen molar-refractivity contribution in [3.63, 3.8) is 0 Å². The SMILES string of the molecule is CC(=O)c1ccc(OCC(O)CSc2nncs2)cc1. The molecule has 20 heavy (non-hydrogen) atoms. The van der Waals surface area contributed by atoms with Crippen molar-refractivity contribution in [3.05, 3.63) is 35.3 Å². The van der Waals surface area contributed by atoms with Crippen molar-refractivity contribution >= 4 is 28.9 Å². The minimum Gasteiger partial charge on any atom is -0.491 e. The van der Waals surface area contributed by atoms with Crippen LogP contribution in [0.1, 0.15) is 17.3 Å². The summed E-state index contributed by atoms with van der Waals surface area (Å²) in [5, 5.41) is 17.4. The van der Waals surface area contributed by atoms with E-state index in [9.17, 15) is 9.90 Å². The molecule has 106 valence electrons. The van der Waals surface area contributed by atoms with Gasteiger partial charge in [-0.2, -0.15) is 0 Å². The number of hydrogen-bond donors (Lipinski definition) is 1. The van der Waals surface area contributed by atoms with E-state index in [4.69, 9.17) is 4.74 Å². The molecule has 1 atom stereocenters. The fourth-order valence-corrected chi connectivity index (χ4v) is 2.84. The Labute approximate surface area is 125 Å². The van der Waals surface area contributed by atoms with Gasteiger partial charge in [0, 0.05) is 11.3 Å². The Morgan fingerprint density at radius 2 is 2.20 bits per heavy atom. The second-order valence-corrected chi connectivity index (χ2v) is 6.16. The lowest BCUT2D eigenvalue weighted by molar-refractivity contribution is 0.101. The molecule has 1 heterocycles. The number of carbonyl (C=O) groups excluding carboxylic acids is 1. The fourth-order valence-electron chi connectivity index (χ4n) is 1.42. The molecule has 1 unspecified atom stereocenters. The number of ketones is 1. The second-order valence-electron chi connectivity index (χ2n) is 4.06. The van der Waals surface area contributed by atoms with Gasteiger partial charge >= 0.3 is 0 Å². The van der Waals surface area contributed by atoms with Crippen LogP contribution < -0.4 is 4.74 Å². The molecule has 0 bridgehead atoms. The van der Waals surface area contributed by atoms with E-state index in [0.717, 1.165) is 4.34 Å². The number of rotatable bonds is 7. The van der Waals surface area contributed by atoms with E-state index in [1.54, 1.807) is 29.8 Å². The number of nitrogens with zero attached hydrogens (tertiary/aromatic N) is 2. The predicted molar refractivity (Wildman–Crippen MR) is 78.6 cm³/mol. The van der Waals surface area contributed by atoms with Crippen molar-refractivity contribution in [2.45, 2.75) is 17.4 Å². The quantitative estimate of drug-likeness (QED) is 0.625. The van der Waals surface area contributed by atoms with E-state index in [0.29, 0.717) is 17.1 Å². The van der Waals surface area contributed by atoms with E-state index in [1.165, 1.54) is 30.0 Å². The normalized spacial score (nSPS) is 12.1. The summed E-state index contributed by atoms with van der Waals surface area (Å²) < 4.78 is 6.29. The van der Waals surface area contributed by atoms with Crippen LogP contribution in [0, 0.1) is 0 Å². The van der Waals surface area contributed by atoms with Gasteiger partial charge in [-0.1, -0.05) is 23.1 Å². The summed E-state index contributed by atoms with van der Waals surface area (Å²) >= 11 is 2.89. The molecular weight excluding hydrogens is 296 g/mol. The van der Waals surface area contributed by atoms with Crippen molar-refractivity contribution in [2.75, 3.05) is 12.4 Å². The van der Waals surface area contributed by atoms with Crippen LogP contribution in [0.2, 0.25) is 0 Å². The molecule has 5 nitrogen and oxygen atoms in total. The van der Waals surface area contributed by atoms with Gasteiger partial charge in [0.25, 0.3) is 0 Å². The van der Waals surface area contributed by atoms with Crippen LogP contribution in [0.15, 0.2) is 34.1 Å². The van der Waals surface area contributed by atoms with Gasteiger partial charge in [0.05, 0.1) is 6.10 Å². The number of benzene rings is 1. The summed E-state index contributed by atoms with van der Waals surface area (Å²) in [6, 6.07) is 6.86. The summed E-state index contributed by atoms with van der Waals surface area (Å²) in [5.74, 6) is 1.15. The molecule has 0 spiro atoms. The Morgan fingerprint density at radius 3 is 2.80 bits per heavy atom. The van der Waals surface area contributed by atoms with Crippen LogP contribution in [-0.2, 0) is 0 Å². The molecule has 0 fully saturated rings. The molecule has 7 heteroatoms. The first kappa shape index (κ1) is 15.0. The van der Waals surface area contributed by atoms with Crippen molar-refractivity contribution in [3.8, 4) is 5.75 Å². The van der Waals surface area contributed by atoms with Gasteiger partial charge in [-0.3, -0.25) is 4.79 Å². The maximum absolute atomic E-state index is 11.1. The highest BCUT2D eigenvalue weighted by molar-refractivity contribution is 8.01. The van der Waals surface area contributed by atoms with Gasteiger partial charge in [0.1, 0.15) is 17.9 Å². The van der Waals surface area contributed by atoms with Crippen LogP contribution in [0.3, 0.4) is 0 Å². The summed E-state index contributed by atoms with van der Waals surface area (Å²) in [7, 11) is 0. The molecule has 2 aromatic rings. The monoisotopic (exact) mass is 310 g/mol. The van der Waals surface area contributed by atoms with Gasteiger partial charge in [-0.25, -0.2) is 0 Å². The summed E-state index contributed by atoms with van der Waals surface area (Å²) in [6.07, 6.45) is -0.587. The smallest absolute Gasteiger partial charge is 0.174 e. The molecule has 0 aliphatic heterocycles. The standard InChI is InChI=1S/C13H14N2O3S2/c1-9(16)10-2-4-12(5-3-10)18-6-11(17)7-19-13-15-14-8-20-13/h2-5,8,11,17H,6-7H2,1H3. The van der Waals surface area contributed by atoms with Crippen LogP contribution >= 0.6 is 23.1 Å². The fraction of sp³-hybridized carbons (Fsp3) is 0.308. The average molecular weight is 310 g/mol. The van der Waals surface area contributed by atoms with Crippen molar-refractivity contribution in [1.29, 1.82) is 0 Å². The molecule has 0 saturated carbocycles. The van der Waals surface area contributed by atoms with E-state index in [-0.39, 0.29) is 12.4 Å². The van der Waals surface area contributed by atoms with Crippen LogP contribution in [-0.4, -0.2) is 39.6 Å². The number of aliphatic hydroxyl groups excluding tert-OH is 1. The molecule has 1 aromatic carbocycles. The largest absolute Gasteiger partial charge is 0.491 e. The Hall–Kier alpha value is -1.44. The Bertz CT molecular complexity index is 543. The van der Waals surface area contributed by atoms with Gasteiger partial charge in [-0.15, -0.1) is 10.2 Å². The Kier molecular flexibility index (Phi) is 5.51. The number of aliphatic hydroxyl groups is 1. The lowest BCUT2D eigenvalue weighted by atomic mass is 10.1. The van der Waals surface area contributed by atoms with Crippen molar-refractivity contribution in [1.82, 2.24) is 10.2 Å². The molecule has 1 aromatic heterocycles. The minimum absolute atomic E-state index is 0.0186. The zero-order valence-corrected chi connectivity index (χ0v) is 12.5. The van der Waals surface area contributed by atoms with E-state index in [2.05, 4.69) is 10.2 Å². The number of thioether (sulfide) groups is 1. The zero-order chi connectivity index (χ0) is 14.4. The highest BCUT2D eigenvalue weighted by atomic mass is 32.2. The van der Waals surface area contributed by atoms with Crippen molar-refractivity contribution in [2.24, 2.45) is 0 Å². The van der Waals surface area contributed by atoms with Gasteiger partial charge in [-0.05, 0) is 31.2 Å². The third-order valence-electron chi connectivity index (χ3n) is 2.44. The lowest BCUT2D eigenvalue weighted by Crippen LogP contribution is -2.20. The summed E-state index contributed by atoms with van der Waals surface area (Å²) in [5.41, 5.74) is 2.30. The van der Waals surface area contributed by atoms with E-state index in [1.807, 2.05) is 0 Å². The first-order valence-corrected chi connectivity index (χ1v) is 7.82. The maximum Gasteiger partial charge on any atom is 0.174 e. The lowest BCUT2D eigenvalue weighted by Gasteiger charge is -2.11. The first-order chi connectivity index (χ1) is 9.65. The molecule has 0 aliphatic rings. The molecular formula is C13H14N2O3S2. The highest BCUT2D eigenvalue weighted by Gasteiger charge is 2.08. The maximum atomic E-state index is 11.1. The summed E-state index contributed by atoms with van der Waals surface area (Å²) in [6.45, 7) is 1.72. The Balaban J connectivity index is 1.75. The van der Waals surface area contributed by atoms with E-state index >= 15 is 0 Å². The molecule has 2 rings (SSSR count). The highest BCUT2D eigenvalue weighted by Crippen LogP contribution is 2.20. The number of ether oxygens (including phenoxy) is 1. The molecule has 0 saturated heterocycles. The number of Topliss-reactive ketones (excluding diaryl/α,β-unsaturated/α-hetero) is 1. The second kappa shape index (κ2) is 7.37. The van der Waals surface area contributed by atoms with Gasteiger partial charge in [0.2, 0.25) is 0 Å². The third kappa shape index (κ3) is 4.59. The number of carbonyl (C=O) groups is 1. The molecule has 0 amide bonds. The topological polar surface area (TPSA) is 72.3 Å². The molecule has 1 N–H and O–H groups in total. The first-order valence-electron chi connectivity index (χ1n) is 5.96. The Morgan fingerprint density at radius 1 is 1.45 bits per heavy atom. The number of aromatic nitrogens is 2. The average Bonchev–Trinajstić information content (AvgIpc) is 2.96. The van der Waals surface area contributed by atoms with E-state index < -0.39 is 6.10 Å². The van der Waals surface area contributed by atoms with Gasteiger partial charge < -0.3 is 9.84 Å². The predicted octanol–water partition coefficient (Wildman–Crippen LogP) is 2.27. The minimum atomic E-state index is -0.587. The number of hydrogen-bond acceptors (Lipinski definition) is 7. The van der Waals surface area contributed by atoms with Crippen molar-refractivity contribution < 1.29 is 14.6 Å². The van der Waals surface area contributed by atoms with Crippen LogP contribution in [0.4, 0.5) is 0 Å². The molecule has 0 radical (unpaired) electrons.